The van der Waals surface area contributed by atoms with Gasteiger partial charge in [0.25, 0.3) is 0 Å². The monoisotopic (exact) mass is 356 g/mol. The first-order valence-corrected chi connectivity index (χ1v) is 9.61. The van der Waals surface area contributed by atoms with E-state index in [1.54, 1.807) is 0 Å². The van der Waals surface area contributed by atoms with Crippen molar-refractivity contribution in [2.75, 3.05) is 39.4 Å². The molecule has 1 saturated heterocycles. The molecule has 0 radical (unpaired) electrons. The fourth-order valence-electron chi connectivity index (χ4n) is 4.19. The molecule has 0 bridgehead atoms. The minimum Gasteiger partial charge on any atom is -0.379 e. The Morgan fingerprint density at radius 3 is 2.88 bits per heavy atom. The summed E-state index contributed by atoms with van der Waals surface area (Å²) in [6.45, 7) is 7.43. The number of ether oxygens (including phenoxy) is 1. The Morgan fingerprint density at radius 1 is 1.31 bits per heavy atom. The smallest absolute Gasteiger partial charge is 0.152 e. The van der Waals surface area contributed by atoms with Gasteiger partial charge in [0.05, 0.1) is 19.3 Å². The van der Waals surface area contributed by atoms with E-state index in [2.05, 4.69) is 27.6 Å². The van der Waals surface area contributed by atoms with Crippen LogP contribution in [0.1, 0.15) is 48.4 Å². The Kier molecular flexibility index (Phi) is 5.28. The molecule has 0 aromatic carbocycles. The molecule has 0 amide bonds. The van der Waals surface area contributed by atoms with Crippen LogP contribution in [0.25, 0.3) is 0 Å². The minimum atomic E-state index is 0.194. The second kappa shape index (κ2) is 7.82. The van der Waals surface area contributed by atoms with Gasteiger partial charge in [-0.1, -0.05) is 6.07 Å². The Bertz CT molecular complexity index is 712. The molecular formula is C19H28N6O. The van der Waals surface area contributed by atoms with Crippen molar-refractivity contribution in [1.82, 2.24) is 24.6 Å². The molecule has 0 aliphatic carbocycles. The maximum Gasteiger partial charge on any atom is 0.152 e. The summed E-state index contributed by atoms with van der Waals surface area (Å²) >= 11 is 0. The van der Waals surface area contributed by atoms with E-state index in [1.165, 1.54) is 5.56 Å². The highest BCUT2D eigenvalue weighted by Crippen LogP contribution is 2.42. The Hall–Kier alpha value is -1.83. The van der Waals surface area contributed by atoms with Crippen molar-refractivity contribution in [3.05, 3.63) is 41.7 Å². The third-order valence-electron chi connectivity index (χ3n) is 5.65. The molecule has 2 N–H and O–H groups in total. The van der Waals surface area contributed by atoms with Crippen LogP contribution in [0.5, 0.6) is 0 Å². The van der Waals surface area contributed by atoms with Crippen molar-refractivity contribution in [2.24, 2.45) is 5.73 Å². The molecule has 140 valence electrons. The van der Waals surface area contributed by atoms with Crippen LogP contribution in [-0.2, 0) is 11.2 Å². The molecule has 2 aliphatic heterocycles. The van der Waals surface area contributed by atoms with Gasteiger partial charge >= 0.3 is 0 Å². The average Bonchev–Trinajstić information content (AvgIpc) is 3.13. The molecule has 7 nitrogen and oxygen atoms in total. The van der Waals surface area contributed by atoms with Crippen LogP contribution in [0.3, 0.4) is 0 Å². The zero-order valence-electron chi connectivity index (χ0n) is 15.4. The molecule has 0 saturated carbocycles. The molecule has 2 aromatic rings. The zero-order chi connectivity index (χ0) is 17.9. The van der Waals surface area contributed by atoms with Crippen molar-refractivity contribution in [3.63, 3.8) is 0 Å². The van der Waals surface area contributed by atoms with Crippen LogP contribution in [0, 0.1) is 0 Å². The van der Waals surface area contributed by atoms with Gasteiger partial charge in [-0.2, -0.15) is 5.10 Å². The van der Waals surface area contributed by atoms with Crippen molar-refractivity contribution in [3.8, 4) is 0 Å². The van der Waals surface area contributed by atoms with Gasteiger partial charge in [0, 0.05) is 50.9 Å². The quantitative estimate of drug-likeness (QED) is 0.871. The van der Waals surface area contributed by atoms with Gasteiger partial charge < -0.3 is 10.5 Å². The van der Waals surface area contributed by atoms with E-state index in [1.807, 2.05) is 18.5 Å². The summed E-state index contributed by atoms with van der Waals surface area (Å²) in [6.07, 6.45) is 5.68. The average molecular weight is 356 g/mol. The molecule has 4 rings (SSSR count). The van der Waals surface area contributed by atoms with E-state index in [4.69, 9.17) is 20.6 Å². The Labute approximate surface area is 154 Å². The second-order valence-electron chi connectivity index (χ2n) is 7.35. The minimum absolute atomic E-state index is 0.194. The van der Waals surface area contributed by atoms with Crippen LogP contribution < -0.4 is 5.73 Å². The number of fused-ring (bicyclic) bond motifs is 1. The lowest BCUT2D eigenvalue weighted by atomic mass is 9.79. The summed E-state index contributed by atoms with van der Waals surface area (Å²) in [5, 5.41) is 4.82. The molecule has 26 heavy (non-hydrogen) atoms. The van der Waals surface area contributed by atoms with E-state index < -0.39 is 0 Å². The summed E-state index contributed by atoms with van der Waals surface area (Å²) in [7, 11) is 0. The maximum atomic E-state index is 6.17. The van der Waals surface area contributed by atoms with E-state index in [0.29, 0.717) is 18.5 Å². The van der Waals surface area contributed by atoms with Crippen molar-refractivity contribution in [1.29, 1.82) is 0 Å². The first kappa shape index (κ1) is 17.6. The highest BCUT2D eigenvalue weighted by Gasteiger charge is 2.36. The number of hydrogen-bond acceptors (Lipinski definition) is 6. The Balaban J connectivity index is 1.53. The van der Waals surface area contributed by atoms with Crippen molar-refractivity contribution >= 4 is 0 Å². The number of rotatable bonds is 5. The van der Waals surface area contributed by atoms with E-state index >= 15 is 0 Å². The van der Waals surface area contributed by atoms with Gasteiger partial charge in [0.2, 0.25) is 0 Å². The molecule has 1 fully saturated rings. The lowest BCUT2D eigenvalue weighted by molar-refractivity contribution is 0.0382. The largest absolute Gasteiger partial charge is 0.379 e. The fraction of sp³-hybridized carbons (Fsp3) is 0.632. The predicted octanol–water partition coefficient (Wildman–Crippen LogP) is 1.34. The number of pyridine rings is 1. The van der Waals surface area contributed by atoms with E-state index in [-0.39, 0.29) is 5.92 Å². The third kappa shape index (κ3) is 3.51. The normalized spacial score (nSPS) is 26.6. The van der Waals surface area contributed by atoms with E-state index in [9.17, 15) is 0 Å². The standard InChI is InChI=1S/C19H28N6O/c1-14-11-16(15-3-2-5-21-13-15)17(12-20)19-22-18(23-25(14)19)4-6-24-7-9-26-10-8-24/h2-3,5,13-14,16-17H,4,6-12,20H2,1H3. The number of nitrogens with zero attached hydrogens (tertiary/aromatic N) is 5. The molecule has 2 aliphatic rings. The van der Waals surface area contributed by atoms with Crippen molar-refractivity contribution in [2.45, 2.75) is 37.6 Å². The molecule has 7 heteroatoms. The van der Waals surface area contributed by atoms with Crippen LogP contribution in [0.2, 0.25) is 0 Å². The van der Waals surface area contributed by atoms with Gasteiger partial charge in [-0.05, 0) is 30.9 Å². The molecule has 2 aromatic heterocycles. The lowest BCUT2D eigenvalue weighted by Crippen LogP contribution is -2.37. The zero-order valence-corrected chi connectivity index (χ0v) is 15.4. The predicted molar refractivity (Wildman–Crippen MR) is 99.1 cm³/mol. The van der Waals surface area contributed by atoms with Gasteiger partial charge in [0.1, 0.15) is 5.82 Å². The Morgan fingerprint density at radius 2 is 2.15 bits per heavy atom. The fourth-order valence-corrected chi connectivity index (χ4v) is 4.19. The van der Waals surface area contributed by atoms with E-state index in [0.717, 1.165) is 57.3 Å². The first-order chi connectivity index (χ1) is 12.8. The van der Waals surface area contributed by atoms with Crippen LogP contribution >= 0.6 is 0 Å². The number of hydrogen-bond donors (Lipinski definition) is 1. The summed E-state index contributed by atoms with van der Waals surface area (Å²) < 4.78 is 7.53. The van der Waals surface area contributed by atoms with Gasteiger partial charge in [-0.3, -0.25) is 9.88 Å². The highest BCUT2D eigenvalue weighted by atomic mass is 16.5. The second-order valence-corrected chi connectivity index (χ2v) is 7.35. The van der Waals surface area contributed by atoms with Crippen LogP contribution in [-0.4, -0.2) is 64.0 Å². The third-order valence-corrected chi connectivity index (χ3v) is 5.65. The molecule has 0 spiro atoms. The highest BCUT2D eigenvalue weighted by molar-refractivity contribution is 5.23. The summed E-state index contributed by atoms with van der Waals surface area (Å²) in [6, 6.07) is 4.47. The first-order valence-electron chi connectivity index (χ1n) is 9.61. The maximum absolute atomic E-state index is 6.17. The van der Waals surface area contributed by atoms with Gasteiger partial charge in [0.15, 0.2) is 5.82 Å². The summed E-state index contributed by atoms with van der Waals surface area (Å²) in [5.41, 5.74) is 7.42. The van der Waals surface area contributed by atoms with Gasteiger partial charge in [-0.25, -0.2) is 9.67 Å². The lowest BCUT2D eigenvalue weighted by Gasteiger charge is -2.34. The SMILES string of the molecule is CC1CC(c2cccnc2)C(CN)c2nc(CCN3CCOCC3)nn21. The topological polar surface area (TPSA) is 82.1 Å². The molecule has 4 heterocycles. The summed E-state index contributed by atoms with van der Waals surface area (Å²) in [5.74, 6) is 2.52. The van der Waals surface area contributed by atoms with Crippen LogP contribution in [0.4, 0.5) is 0 Å². The van der Waals surface area contributed by atoms with Gasteiger partial charge in [-0.15, -0.1) is 0 Å². The summed E-state index contributed by atoms with van der Waals surface area (Å²) in [4.78, 5) is 11.6. The molecule has 3 atom stereocenters. The van der Waals surface area contributed by atoms with Crippen molar-refractivity contribution < 1.29 is 4.74 Å². The van der Waals surface area contributed by atoms with Crippen LogP contribution in [0.15, 0.2) is 24.5 Å². The number of morpholine rings is 1. The molecular weight excluding hydrogens is 328 g/mol. The molecule has 3 unspecified atom stereocenters. The number of nitrogens with two attached hydrogens (primary N) is 1. The number of aromatic nitrogens is 4.